The number of likely N-dealkylation sites (tertiary alicyclic amines) is 1. The minimum atomic E-state index is -0.715. The van der Waals surface area contributed by atoms with Gasteiger partial charge in [-0.3, -0.25) is 19.4 Å². The molecule has 8 rings (SSSR count). The maximum Gasteiger partial charge on any atom is 0.263 e. The number of carbonyl (C=O) groups excluding carboxylic acids is 2. The van der Waals surface area contributed by atoms with Crippen LogP contribution in [0.15, 0.2) is 90.2 Å². The number of hydrogen-bond donors (Lipinski definition) is 2. The molecular weight excluding hydrogens is 694 g/mol. The van der Waals surface area contributed by atoms with Gasteiger partial charge in [-0.1, -0.05) is 18.6 Å². The van der Waals surface area contributed by atoms with Crippen LogP contribution in [0, 0.1) is 23.5 Å². The minimum absolute atomic E-state index is 0.0120. The number of nitrogens with two attached hydrogens (primary N) is 1. The van der Waals surface area contributed by atoms with Gasteiger partial charge < -0.3 is 30.0 Å². The van der Waals surface area contributed by atoms with Crippen LogP contribution >= 0.6 is 0 Å². The molecule has 3 N–H and O–H groups in total. The number of nitrogen functional groups attached to an aromatic ring is 1. The lowest BCUT2D eigenvalue weighted by Crippen LogP contribution is -2.42. The monoisotopic (exact) mass is 732 g/mol. The highest BCUT2D eigenvalue weighted by molar-refractivity contribution is 6.04. The summed E-state index contributed by atoms with van der Waals surface area (Å²) in [5.74, 6) is -0.435. The number of benzene rings is 2. The summed E-state index contributed by atoms with van der Waals surface area (Å²) >= 11 is 0. The van der Waals surface area contributed by atoms with E-state index < -0.39 is 29.1 Å². The molecule has 0 unspecified atom stereocenters. The first-order chi connectivity index (χ1) is 26.2. The molecule has 0 radical (unpaired) electrons. The van der Waals surface area contributed by atoms with Crippen molar-refractivity contribution in [1.82, 2.24) is 19.4 Å². The molecular formula is C41H38F2N6O5. The lowest BCUT2D eigenvalue weighted by Gasteiger charge is -2.30. The SMILES string of the molecule is Nc1ncc(-c2ccc(O[C@@H]3CCN(CC4COC4)C3=O)cc2)cc1-c1ccc(NC(=O)c2cn(CC3CCC3)cc(-c3ccc(F)cn3)c2=O)cc1F. The van der Waals surface area contributed by atoms with Gasteiger partial charge in [0.2, 0.25) is 5.43 Å². The van der Waals surface area contributed by atoms with E-state index in [1.165, 1.54) is 30.5 Å². The molecule has 3 aromatic heterocycles. The number of ether oxygens (including phenoxy) is 2. The molecule has 3 fully saturated rings. The van der Waals surface area contributed by atoms with E-state index in [1.807, 2.05) is 17.0 Å². The normalized spacial score (nSPS) is 17.3. The Morgan fingerprint density at radius 1 is 0.870 bits per heavy atom. The second kappa shape index (κ2) is 14.8. The number of amides is 2. The van der Waals surface area contributed by atoms with Crippen LogP contribution in [0.2, 0.25) is 0 Å². The van der Waals surface area contributed by atoms with Crippen LogP contribution in [0.5, 0.6) is 5.75 Å². The quantitative estimate of drug-likeness (QED) is 0.164. The van der Waals surface area contributed by atoms with E-state index in [9.17, 15) is 18.8 Å². The number of carbonyl (C=O) groups is 2. The number of rotatable bonds is 11. The van der Waals surface area contributed by atoms with Crippen molar-refractivity contribution < 1.29 is 27.8 Å². The van der Waals surface area contributed by atoms with Crippen LogP contribution in [0.4, 0.5) is 20.3 Å². The predicted octanol–water partition coefficient (Wildman–Crippen LogP) is 6.18. The lowest BCUT2D eigenvalue weighted by molar-refractivity contribution is -0.136. The molecule has 0 bridgehead atoms. The fourth-order valence-electron chi connectivity index (χ4n) is 7.04. The van der Waals surface area contributed by atoms with Crippen LogP contribution in [0.1, 0.15) is 36.0 Å². The summed E-state index contributed by atoms with van der Waals surface area (Å²) in [4.78, 5) is 50.1. The molecule has 11 nitrogen and oxygen atoms in total. The Balaban J connectivity index is 0.979. The van der Waals surface area contributed by atoms with Gasteiger partial charge in [0.25, 0.3) is 11.8 Å². The molecule has 2 amide bonds. The Morgan fingerprint density at radius 3 is 2.37 bits per heavy atom. The average Bonchev–Trinajstić information content (AvgIpc) is 3.47. The van der Waals surface area contributed by atoms with E-state index in [1.54, 1.807) is 35.2 Å². The summed E-state index contributed by atoms with van der Waals surface area (Å²) in [7, 11) is 0. The summed E-state index contributed by atoms with van der Waals surface area (Å²) < 4.78 is 42.4. The Labute approximate surface area is 309 Å². The molecule has 1 aliphatic carbocycles. The van der Waals surface area contributed by atoms with Crippen molar-refractivity contribution in [3.63, 3.8) is 0 Å². The van der Waals surface area contributed by atoms with Gasteiger partial charge in [0.05, 0.1) is 30.7 Å². The molecule has 5 heterocycles. The maximum absolute atomic E-state index is 15.8. The number of hydrogen-bond acceptors (Lipinski definition) is 8. The molecule has 54 heavy (non-hydrogen) atoms. The molecule has 1 atom stereocenters. The molecule has 3 aliphatic rings. The van der Waals surface area contributed by atoms with Crippen LogP contribution in [0.25, 0.3) is 33.5 Å². The predicted molar refractivity (Wildman–Crippen MR) is 199 cm³/mol. The summed E-state index contributed by atoms with van der Waals surface area (Å²) in [5, 5.41) is 2.66. The number of anilines is 2. The molecule has 0 spiro atoms. The third kappa shape index (κ3) is 7.31. The second-order valence-electron chi connectivity index (χ2n) is 14.2. The number of pyridine rings is 3. The molecule has 13 heteroatoms. The second-order valence-corrected chi connectivity index (χ2v) is 14.2. The van der Waals surface area contributed by atoms with E-state index in [0.717, 1.165) is 37.1 Å². The fourth-order valence-corrected chi connectivity index (χ4v) is 7.04. The smallest absolute Gasteiger partial charge is 0.263 e. The van der Waals surface area contributed by atoms with Gasteiger partial charge in [-0.25, -0.2) is 13.8 Å². The van der Waals surface area contributed by atoms with Gasteiger partial charge in [0, 0.05) is 72.9 Å². The van der Waals surface area contributed by atoms with Crippen molar-refractivity contribution >= 4 is 23.3 Å². The zero-order chi connectivity index (χ0) is 37.3. The third-order valence-corrected chi connectivity index (χ3v) is 10.4. The highest BCUT2D eigenvalue weighted by Crippen LogP contribution is 2.34. The molecule has 2 saturated heterocycles. The fraction of sp³-hybridized carbons (Fsp3) is 0.293. The van der Waals surface area contributed by atoms with Crippen LogP contribution in [-0.2, 0) is 16.1 Å². The van der Waals surface area contributed by atoms with Gasteiger partial charge in [-0.05, 0) is 72.9 Å². The first kappa shape index (κ1) is 35.1. The van der Waals surface area contributed by atoms with Crippen molar-refractivity contribution in [3.05, 3.63) is 113 Å². The maximum atomic E-state index is 15.8. The van der Waals surface area contributed by atoms with Crippen LogP contribution < -0.4 is 21.2 Å². The number of aromatic nitrogens is 3. The molecule has 2 aromatic carbocycles. The summed E-state index contributed by atoms with van der Waals surface area (Å²) in [6, 6.07) is 15.8. The Bertz CT molecular complexity index is 2270. The van der Waals surface area contributed by atoms with Gasteiger partial charge in [-0.2, -0.15) is 0 Å². The summed E-state index contributed by atoms with van der Waals surface area (Å²) in [6.45, 7) is 3.34. The van der Waals surface area contributed by atoms with Gasteiger partial charge in [0.15, 0.2) is 6.10 Å². The van der Waals surface area contributed by atoms with Crippen molar-refractivity contribution in [2.75, 3.05) is 37.4 Å². The zero-order valence-electron chi connectivity index (χ0n) is 29.3. The van der Waals surface area contributed by atoms with E-state index in [0.29, 0.717) is 68.0 Å². The summed E-state index contributed by atoms with van der Waals surface area (Å²) in [5.41, 5.74) is 8.05. The highest BCUT2D eigenvalue weighted by Gasteiger charge is 2.36. The van der Waals surface area contributed by atoms with E-state index >= 15 is 4.39 Å². The first-order valence-electron chi connectivity index (χ1n) is 18.0. The highest BCUT2D eigenvalue weighted by atomic mass is 19.1. The largest absolute Gasteiger partial charge is 0.481 e. The third-order valence-electron chi connectivity index (χ3n) is 10.4. The number of nitrogens with one attached hydrogen (secondary N) is 1. The standard InChI is InChI=1S/C41H38F2N6O5/c42-28-6-11-36(45-17-28)33-20-48(18-24-2-1-3-24)21-34(38(33)50)40(51)47-29-7-10-31(35(43)15-29)32-14-27(16-46-39(32)44)26-4-8-30(9-5-26)54-37-12-13-49(41(37)52)19-25-22-53-23-25/h4-11,14-17,20-21,24-25,37H,1-3,12-13,18-19,22-23H2,(H2,44,46)(H,47,51)/t37-/m1/s1. The molecule has 2 aliphatic heterocycles. The van der Waals surface area contributed by atoms with Gasteiger partial charge in [-0.15, -0.1) is 0 Å². The topological polar surface area (TPSA) is 142 Å². The molecule has 1 saturated carbocycles. The Kier molecular flexibility index (Phi) is 9.63. The molecule has 5 aromatic rings. The first-order valence-corrected chi connectivity index (χ1v) is 18.0. The van der Waals surface area contributed by atoms with Crippen molar-refractivity contribution in [2.45, 2.75) is 38.3 Å². The van der Waals surface area contributed by atoms with Gasteiger partial charge >= 0.3 is 0 Å². The number of halogens is 2. The lowest BCUT2D eigenvalue weighted by atomic mass is 9.85. The minimum Gasteiger partial charge on any atom is -0.481 e. The van der Waals surface area contributed by atoms with Crippen LogP contribution in [-0.4, -0.2) is 63.7 Å². The average molecular weight is 733 g/mol. The molecule has 276 valence electrons. The Hall–Kier alpha value is -5.95. The Morgan fingerprint density at radius 2 is 1.69 bits per heavy atom. The van der Waals surface area contributed by atoms with E-state index in [2.05, 4.69) is 15.3 Å². The van der Waals surface area contributed by atoms with Crippen molar-refractivity contribution in [2.24, 2.45) is 11.8 Å². The zero-order valence-corrected chi connectivity index (χ0v) is 29.3. The van der Waals surface area contributed by atoms with Gasteiger partial charge in [0.1, 0.15) is 28.8 Å². The van der Waals surface area contributed by atoms with E-state index in [-0.39, 0.29) is 39.8 Å². The van der Waals surface area contributed by atoms with Crippen LogP contribution in [0.3, 0.4) is 0 Å². The van der Waals surface area contributed by atoms with E-state index in [4.69, 9.17) is 15.2 Å². The number of nitrogens with zero attached hydrogens (tertiary/aromatic N) is 4. The summed E-state index contributed by atoms with van der Waals surface area (Å²) in [6.07, 6.45) is 9.07. The van der Waals surface area contributed by atoms with Crippen molar-refractivity contribution in [1.29, 1.82) is 0 Å². The van der Waals surface area contributed by atoms with Crippen molar-refractivity contribution in [3.8, 4) is 39.3 Å².